The average molecular weight is 213 g/mol. The molecule has 0 bridgehead atoms. The summed E-state index contributed by atoms with van der Waals surface area (Å²) in [5, 5.41) is 8.61. The summed E-state index contributed by atoms with van der Waals surface area (Å²) in [5.41, 5.74) is 1.24. The predicted octanol–water partition coefficient (Wildman–Crippen LogP) is 3.23. The van der Waals surface area contributed by atoms with Crippen LogP contribution in [0.25, 0.3) is 0 Å². The molecule has 15 heavy (non-hydrogen) atoms. The quantitative estimate of drug-likeness (QED) is 0.739. The van der Waals surface area contributed by atoms with Crippen LogP contribution in [0.3, 0.4) is 0 Å². The van der Waals surface area contributed by atoms with Gasteiger partial charge in [0, 0.05) is 0 Å². The van der Waals surface area contributed by atoms with E-state index in [0.717, 1.165) is 0 Å². The SMILES string of the molecule is CCc1cc(C#N)ccc1CC(F)(F)F. The molecule has 0 amide bonds. The van der Waals surface area contributed by atoms with Crippen molar-refractivity contribution in [3.63, 3.8) is 0 Å². The molecule has 0 saturated carbocycles. The van der Waals surface area contributed by atoms with Gasteiger partial charge in [-0.2, -0.15) is 18.4 Å². The summed E-state index contributed by atoms with van der Waals surface area (Å²) in [4.78, 5) is 0. The fourth-order valence-corrected chi connectivity index (χ4v) is 1.41. The molecule has 0 heterocycles. The van der Waals surface area contributed by atoms with Crippen LogP contribution in [0, 0.1) is 11.3 Å². The van der Waals surface area contributed by atoms with E-state index in [1.54, 1.807) is 6.92 Å². The summed E-state index contributed by atoms with van der Waals surface area (Å²) in [5.74, 6) is 0. The minimum Gasteiger partial charge on any atom is -0.192 e. The molecule has 0 radical (unpaired) electrons. The Labute approximate surface area is 86.1 Å². The number of benzene rings is 1. The Morgan fingerprint density at radius 3 is 2.40 bits per heavy atom. The maximum absolute atomic E-state index is 12.2. The molecular formula is C11H10F3N. The maximum Gasteiger partial charge on any atom is 0.393 e. The van der Waals surface area contributed by atoms with Crippen molar-refractivity contribution in [2.45, 2.75) is 25.9 Å². The molecule has 0 N–H and O–H groups in total. The maximum atomic E-state index is 12.2. The summed E-state index contributed by atoms with van der Waals surface area (Å²) in [6.07, 6.45) is -4.62. The molecule has 0 saturated heterocycles. The van der Waals surface area contributed by atoms with E-state index >= 15 is 0 Å². The largest absolute Gasteiger partial charge is 0.393 e. The predicted molar refractivity (Wildman–Crippen MR) is 50.3 cm³/mol. The first-order valence-corrected chi connectivity index (χ1v) is 4.55. The summed E-state index contributed by atoms with van der Waals surface area (Å²) in [7, 11) is 0. The van der Waals surface area contributed by atoms with Crippen molar-refractivity contribution in [2.75, 3.05) is 0 Å². The van der Waals surface area contributed by atoms with E-state index in [-0.39, 0.29) is 5.56 Å². The molecular weight excluding hydrogens is 203 g/mol. The van der Waals surface area contributed by atoms with Gasteiger partial charge in [-0.05, 0) is 29.7 Å². The van der Waals surface area contributed by atoms with E-state index in [1.165, 1.54) is 18.2 Å². The molecule has 0 aliphatic rings. The van der Waals surface area contributed by atoms with Gasteiger partial charge in [-0.15, -0.1) is 0 Å². The zero-order chi connectivity index (χ0) is 11.5. The van der Waals surface area contributed by atoms with Crippen LogP contribution in [0.4, 0.5) is 13.2 Å². The highest BCUT2D eigenvalue weighted by atomic mass is 19.4. The van der Waals surface area contributed by atoms with Crippen LogP contribution in [0.15, 0.2) is 18.2 Å². The van der Waals surface area contributed by atoms with Gasteiger partial charge in [0.1, 0.15) is 0 Å². The van der Waals surface area contributed by atoms with E-state index in [4.69, 9.17) is 5.26 Å². The van der Waals surface area contributed by atoms with E-state index in [0.29, 0.717) is 17.5 Å². The van der Waals surface area contributed by atoms with Gasteiger partial charge in [0.15, 0.2) is 0 Å². The standard InChI is InChI=1S/C11H10F3N/c1-2-9-5-8(7-15)3-4-10(9)6-11(12,13)14/h3-5H,2,6H2,1H3. The Kier molecular flexibility index (Phi) is 3.35. The highest BCUT2D eigenvalue weighted by Crippen LogP contribution is 2.24. The van der Waals surface area contributed by atoms with Gasteiger partial charge < -0.3 is 0 Å². The van der Waals surface area contributed by atoms with Crippen LogP contribution in [0.1, 0.15) is 23.6 Å². The molecule has 1 rings (SSSR count). The van der Waals surface area contributed by atoms with Gasteiger partial charge in [0.05, 0.1) is 18.1 Å². The Bertz CT molecular complexity index is 388. The molecule has 4 heteroatoms. The molecule has 0 aromatic heterocycles. The zero-order valence-corrected chi connectivity index (χ0v) is 8.23. The summed E-state index contributed by atoms with van der Waals surface area (Å²) in [6.45, 7) is 1.77. The van der Waals surface area contributed by atoms with E-state index < -0.39 is 12.6 Å². The van der Waals surface area contributed by atoms with Crippen molar-refractivity contribution in [1.29, 1.82) is 5.26 Å². The van der Waals surface area contributed by atoms with Gasteiger partial charge in [-0.25, -0.2) is 0 Å². The topological polar surface area (TPSA) is 23.8 Å². The Hall–Kier alpha value is -1.50. The lowest BCUT2D eigenvalue weighted by Gasteiger charge is -2.10. The van der Waals surface area contributed by atoms with Crippen molar-refractivity contribution < 1.29 is 13.2 Å². The summed E-state index contributed by atoms with van der Waals surface area (Å²) < 4.78 is 36.5. The molecule has 1 aromatic rings. The van der Waals surface area contributed by atoms with Crippen molar-refractivity contribution >= 4 is 0 Å². The zero-order valence-electron chi connectivity index (χ0n) is 8.23. The molecule has 0 aliphatic heterocycles. The third-order valence-corrected chi connectivity index (χ3v) is 2.11. The first-order valence-electron chi connectivity index (χ1n) is 4.55. The number of rotatable bonds is 2. The highest BCUT2D eigenvalue weighted by molar-refractivity contribution is 5.38. The van der Waals surface area contributed by atoms with E-state index in [1.807, 2.05) is 6.07 Å². The first-order chi connectivity index (χ1) is 6.96. The number of nitrogens with zero attached hydrogens (tertiary/aromatic N) is 1. The van der Waals surface area contributed by atoms with Crippen LogP contribution >= 0.6 is 0 Å². The molecule has 1 nitrogen and oxygen atoms in total. The fraction of sp³-hybridized carbons (Fsp3) is 0.364. The molecule has 0 fully saturated rings. The number of aryl methyl sites for hydroxylation is 1. The third-order valence-electron chi connectivity index (χ3n) is 2.11. The molecule has 80 valence electrons. The molecule has 1 aromatic carbocycles. The molecule has 0 unspecified atom stereocenters. The van der Waals surface area contributed by atoms with Gasteiger partial charge in [-0.3, -0.25) is 0 Å². The highest BCUT2D eigenvalue weighted by Gasteiger charge is 2.28. The smallest absolute Gasteiger partial charge is 0.192 e. The molecule has 0 aliphatic carbocycles. The third kappa shape index (κ3) is 3.28. The second-order valence-corrected chi connectivity index (χ2v) is 3.24. The van der Waals surface area contributed by atoms with Gasteiger partial charge in [0.25, 0.3) is 0 Å². The van der Waals surface area contributed by atoms with Crippen LogP contribution in [-0.4, -0.2) is 6.18 Å². The molecule has 0 atom stereocenters. The van der Waals surface area contributed by atoms with Crippen LogP contribution < -0.4 is 0 Å². The number of hydrogen-bond donors (Lipinski definition) is 0. The Morgan fingerprint density at radius 1 is 1.27 bits per heavy atom. The fourth-order valence-electron chi connectivity index (χ4n) is 1.41. The Morgan fingerprint density at radius 2 is 1.93 bits per heavy atom. The minimum absolute atomic E-state index is 0.254. The normalized spacial score (nSPS) is 11.1. The van der Waals surface area contributed by atoms with Crippen molar-refractivity contribution in [3.05, 3.63) is 34.9 Å². The molecule has 0 spiro atoms. The first kappa shape index (κ1) is 11.6. The number of nitriles is 1. The van der Waals surface area contributed by atoms with Gasteiger partial charge in [-0.1, -0.05) is 13.0 Å². The monoisotopic (exact) mass is 213 g/mol. The van der Waals surface area contributed by atoms with Crippen molar-refractivity contribution in [3.8, 4) is 6.07 Å². The Balaban J connectivity index is 3.04. The van der Waals surface area contributed by atoms with Crippen LogP contribution in [-0.2, 0) is 12.8 Å². The summed E-state index contributed by atoms with van der Waals surface area (Å²) in [6, 6.07) is 6.22. The second kappa shape index (κ2) is 4.35. The second-order valence-electron chi connectivity index (χ2n) is 3.24. The number of alkyl halides is 3. The lowest BCUT2D eigenvalue weighted by molar-refractivity contribution is -0.127. The van der Waals surface area contributed by atoms with Crippen molar-refractivity contribution in [2.24, 2.45) is 0 Å². The van der Waals surface area contributed by atoms with E-state index in [9.17, 15) is 13.2 Å². The van der Waals surface area contributed by atoms with Crippen molar-refractivity contribution in [1.82, 2.24) is 0 Å². The summed E-state index contributed by atoms with van der Waals surface area (Å²) >= 11 is 0. The van der Waals surface area contributed by atoms with Gasteiger partial charge in [0.2, 0.25) is 0 Å². The number of hydrogen-bond acceptors (Lipinski definition) is 1. The minimum atomic E-state index is -4.20. The average Bonchev–Trinajstić information content (AvgIpc) is 2.16. The van der Waals surface area contributed by atoms with E-state index in [2.05, 4.69) is 0 Å². The lowest BCUT2D eigenvalue weighted by atomic mass is 10.00. The van der Waals surface area contributed by atoms with Crippen LogP contribution in [0.2, 0.25) is 0 Å². The number of halogens is 3. The lowest BCUT2D eigenvalue weighted by Crippen LogP contribution is -2.13. The van der Waals surface area contributed by atoms with Gasteiger partial charge >= 0.3 is 6.18 Å². The van der Waals surface area contributed by atoms with Crippen LogP contribution in [0.5, 0.6) is 0 Å².